The summed E-state index contributed by atoms with van der Waals surface area (Å²) in [5.41, 5.74) is 1.39. The number of benzene rings is 1. The first-order valence-electron chi connectivity index (χ1n) is 6.98. The van der Waals surface area contributed by atoms with Crippen molar-refractivity contribution in [2.75, 3.05) is 0 Å². The summed E-state index contributed by atoms with van der Waals surface area (Å²) >= 11 is 0. The monoisotopic (exact) mass is 316 g/mol. The highest BCUT2D eigenvalue weighted by molar-refractivity contribution is 6.08. The summed E-state index contributed by atoms with van der Waals surface area (Å²) in [6.07, 6.45) is 0. The summed E-state index contributed by atoms with van der Waals surface area (Å²) in [4.78, 5) is 38.1. The zero-order valence-corrected chi connectivity index (χ0v) is 12.9. The van der Waals surface area contributed by atoms with E-state index in [9.17, 15) is 24.8 Å². The normalized spacial score (nSPS) is 20.9. The fraction of sp³-hybridized carbons (Fsp3) is 0.312. The number of carbonyl (C=O) groups excluding carboxylic acids is 1. The van der Waals surface area contributed by atoms with Crippen LogP contribution in [0.4, 0.5) is 5.69 Å². The molecule has 0 amide bonds. The molecule has 23 heavy (non-hydrogen) atoms. The fourth-order valence-corrected chi connectivity index (χ4v) is 3.01. The lowest BCUT2D eigenvalue weighted by molar-refractivity contribution is -0.384. The van der Waals surface area contributed by atoms with Crippen molar-refractivity contribution in [2.24, 2.45) is 10.9 Å². The molecule has 1 N–H and O–H groups in total. The van der Waals surface area contributed by atoms with E-state index in [1.807, 2.05) is 0 Å². The molecule has 120 valence electrons. The number of hydrogen-bond donors (Lipinski definition) is 1. The summed E-state index contributed by atoms with van der Waals surface area (Å²) in [6, 6.07) is 5.60. The summed E-state index contributed by atoms with van der Waals surface area (Å²) in [5.74, 6) is -2.73. The summed E-state index contributed by atoms with van der Waals surface area (Å²) in [7, 11) is 0. The predicted octanol–water partition coefficient (Wildman–Crippen LogP) is 2.72. The lowest BCUT2D eigenvalue weighted by atomic mass is 9.74. The van der Waals surface area contributed by atoms with Crippen molar-refractivity contribution in [2.45, 2.75) is 26.7 Å². The Kier molecular flexibility index (Phi) is 4.40. The number of nitro groups is 1. The third-order valence-corrected chi connectivity index (χ3v) is 3.96. The maximum absolute atomic E-state index is 12.0. The van der Waals surface area contributed by atoms with Gasteiger partial charge in [-0.15, -0.1) is 0 Å². The zero-order valence-electron chi connectivity index (χ0n) is 12.9. The minimum Gasteiger partial charge on any atom is -0.478 e. The number of rotatable bonds is 4. The number of nitrogens with zero attached hydrogens (tertiary/aromatic N) is 2. The molecule has 2 atom stereocenters. The Morgan fingerprint density at radius 2 is 1.78 bits per heavy atom. The molecule has 7 nitrogen and oxygen atoms in total. The third kappa shape index (κ3) is 3.03. The second-order valence-electron chi connectivity index (χ2n) is 5.47. The molecule has 2 rings (SSSR count). The van der Waals surface area contributed by atoms with Crippen LogP contribution >= 0.6 is 0 Å². The molecule has 0 bridgehead atoms. The fourth-order valence-electron chi connectivity index (χ4n) is 3.01. The van der Waals surface area contributed by atoms with Crippen molar-refractivity contribution in [1.29, 1.82) is 0 Å². The van der Waals surface area contributed by atoms with E-state index in [4.69, 9.17) is 0 Å². The summed E-state index contributed by atoms with van der Waals surface area (Å²) in [6.45, 7) is 4.66. The van der Waals surface area contributed by atoms with Crippen LogP contribution in [-0.4, -0.2) is 27.5 Å². The van der Waals surface area contributed by atoms with Gasteiger partial charge in [-0.2, -0.15) is 0 Å². The molecule has 0 saturated carbocycles. The number of Topliss-reactive ketones (excluding diaryl/α,β-unsaturated/α-hetero) is 1. The van der Waals surface area contributed by atoms with E-state index in [0.717, 1.165) is 0 Å². The standard InChI is InChI=1S/C16H16N2O5/c1-8-13(10(3)19)15(14(16(20)21)9(2)17-8)11-4-6-12(7-5-11)18(22)23/h4-7,13,15H,1-3H3,(H,20,21). The van der Waals surface area contributed by atoms with Gasteiger partial charge in [0.1, 0.15) is 5.78 Å². The number of aliphatic carboxylic acids is 1. The average Bonchev–Trinajstić information content (AvgIpc) is 2.45. The quantitative estimate of drug-likeness (QED) is 0.678. The molecule has 2 unspecified atom stereocenters. The Labute approximate surface area is 132 Å². The Morgan fingerprint density at radius 1 is 1.22 bits per heavy atom. The number of allylic oxidation sites excluding steroid dienone is 1. The average molecular weight is 316 g/mol. The van der Waals surface area contributed by atoms with Gasteiger partial charge in [0.05, 0.1) is 16.4 Å². The van der Waals surface area contributed by atoms with E-state index >= 15 is 0 Å². The maximum Gasteiger partial charge on any atom is 0.334 e. The second kappa shape index (κ2) is 6.12. The Hall–Kier alpha value is -2.83. The molecule has 7 heteroatoms. The minimum atomic E-state index is -1.15. The molecule has 0 fully saturated rings. The number of carboxylic acids is 1. The van der Waals surface area contributed by atoms with Crippen LogP contribution in [0.1, 0.15) is 32.3 Å². The Morgan fingerprint density at radius 3 is 2.22 bits per heavy atom. The van der Waals surface area contributed by atoms with Gasteiger partial charge in [0.25, 0.3) is 5.69 Å². The zero-order chi connectivity index (χ0) is 17.3. The van der Waals surface area contributed by atoms with Gasteiger partial charge in [0, 0.05) is 29.5 Å². The number of aliphatic imine (C=N–C) groups is 1. The molecule has 0 spiro atoms. The highest BCUT2D eigenvalue weighted by Crippen LogP contribution is 2.39. The first-order valence-corrected chi connectivity index (χ1v) is 6.98. The number of non-ortho nitro benzene ring substituents is 1. The van der Waals surface area contributed by atoms with Crippen molar-refractivity contribution in [3.63, 3.8) is 0 Å². The van der Waals surface area contributed by atoms with Gasteiger partial charge < -0.3 is 5.11 Å². The van der Waals surface area contributed by atoms with Crippen LogP contribution in [0, 0.1) is 16.0 Å². The van der Waals surface area contributed by atoms with Crippen molar-refractivity contribution >= 4 is 23.2 Å². The molecule has 1 aromatic carbocycles. The van der Waals surface area contributed by atoms with Crippen LogP contribution in [0.2, 0.25) is 0 Å². The van der Waals surface area contributed by atoms with Gasteiger partial charge in [-0.25, -0.2) is 4.79 Å². The van der Waals surface area contributed by atoms with Crippen LogP contribution in [0.5, 0.6) is 0 Å². The van der Waals surface area contributed by atoms with Crippen LogP contribution in [0.15, 0.2) is 40.5 Å². The van der Waals surface area contributed by atoms with Crippen molar-refractivity contribution in [1.82, 2.24) is 0 Å². The van der Waals surface area contributed by atoms with Crippen LogP contribution in [-0.2, 0) is 9.59 Å². The SMILES string of the molecule is CC(=O)C1C(C)=NC(C)=C(C(=O)O)C1c1ccc([N+](=O)[O-])cc1. The summed E-state index contributed by atoms with van der Waals surface area (Å²) < 4.78 is 0. The molecule has 1 aromatic rings. The second-order valence-corrected chi connectivity index (χ2v) is 5.47. The number of hydrogen-bond acceptors (Lipinski definition) is 5. The van der Waals surface area contributed by atoms with Crippen molar-refractivity contribution < 1.29 is 19.6 Å². The molecule has 0 saturated heterocycles. The van der Waals surface area contributed by atoms with E-state index in [1.165, 1.54) is 31.2 Å². The van der Waals surface area contributed by atoms with Crippen LogP contribution in [0.25, 0.3) is 0 Å². The maximum atomic E-state index is 12.0. The van der Waals surface area contributed by atoms with Crippen LogP contribution in [0.3, 0.4) is 0 Å². The smallest absolute Gasteiger partial charge is 0.334 e. The number of ketones is 1. The van der Waals surface area contributed by atoms with Crippen molar-refractivity contribution in [3.8, 4) is 0 Å². The predicted molar refractivity (Wildman–Crippen MR) is 83.5 cm³/mol. The van der Waals surface area contributed by atoms with E-state index in [2.05, 4.69) is 4.99 Å². The van der Waals surface area contributed by atoms with Gasteiger partial charge in [0.15, 0.2) is 0 Å². The van der Waals surface area contributed by atoms with Gasteiger partial charge in [-0.3, -0.25) is 19.9 Å². The van der Waals surface area contributed by atoms with Gasteiger partial charge in [-0.05, 0) is 26.3 Å². The first kappa shape index (κ1) is 16.5. The van der Waals surface area contributed by atoms with E-state index in [1.54, 1.807) is 13.8 Å². The largest absolute Gasteiger partial charge is 0.478 e. The topological polar surface area (TPSA) is 110 Å². The third-order valence-electron chi connectivity index (χ3n) is 3.96. The molecule has 0 radical (unpaired) electrons. The lowest BCUT2D eigenvalue weighted by Gasteiger charge is -2.30. The first-order chi connectivity index (χ1) is 10.7. The molecule has 1 aliphatic rings. The lowest BCUT2D eigenvalue weighted by Crippen LogP contribution is -2.33. The van der Waals surface area contributed by atoms with Crippen molar-refractivity contribution in [3.05, 3.63) is 51.2 Å². The molecule has 1 heterocycles. The molecule has 0 aromatic heterocycles. The van der Waals surface area contributed by atoms with E-state index in [-0.39, 0.29) is 17.0 Å². The number of carboxylic acid groups (broad SMARTS) is 1. The molecular weight excluding hydrogens is 300 g/mol. The number of nitro benzene ring substituents is 1. The number of carbonyl (C=O) groups is 2. The summed E-state index contributed by atoms with van der Waals surface area (Å²) in [5, 5.41) is 20.3. The van der Waals surface area contributed by atoms with Gasteiger partial charge in [0.2, 0.25) is 0 Å². The van der Waals surface area contributed by atoms with Gasteiger partial charge >= 0.3 is 5.97 Å². The molecule has 1 aliphatic heterocycles. The Bertz CT molecular complexity index is 746. The Balaban J connectivity index is 2.61. The van der Waals surface area contributed by atoms with E-state index in [0.29, 0.717) is 17.0 Å². The van der Waals surface area contributed by atoms with Crippen LogP contribution < -0.4 is 0 Å². The minimum absolute atomic E-state index is 0.0460. The highest BCUT2D eigenvalue weighted by atomic mass is 16.6. The van der Waals surface area contributed by atoms with E-state index < -0.39 is 22.7 Å². The highest BCUT2D eigenvalue weighted by Gasteiger charge is 2.39. The van der Waals surface area contributed by atoms with Gasteiger partial charge in [-0.1, -0.05) is 12.1 Å². The molecule has 0 aliphatic carbocycles. The molecular formula is C16H16N2O5.